The molecule has 0 radical (unpaired) electrons. The predicted octanol–water partition coefficient (Wildman–Crippen LogP) is 7.06. The number of esters is 1. The molecule has 1 saturated heterocycles. The number of para-hydroxylation sites is 1. The van der Waals surface area contributed by atoms with Crippen LogP contribution < -0.4 is 5.32 Å². The standard InChI is InChI=1S/C49H52ClN5O9S/c1-34-26-28-37(29-27-34)49(36-20-10-7-11-21-36,38-22-12-13-23-39(38)50)64-44(56)33-40(46(58)54-30-16-17-31-54)51-45(57)42(32-35-18-8-6-9-19-35)52(4)47(59)48(2,3)53(5)65(62,63)43-25-15-14-24-41(43)55(60)61/h6-15,18-29,40,42H,16-17,30-33H2,1-5H3,(H,51,57)/t40-,42-,49?/m0/s1. The molecule has 1 aliphatic rings. The Morgan fingerprint density at radius 3 is 1.98 bits per heavy atom. The topological polar surface area (TPSA) is 177 Å². The lowest BCUT2D eigenvalue weighted by Gasteiger charge is -2.39. The second kappa shape index (κ2) is 20.2. The van der Waals surface area contributed by atoms with E-state index in [0.717, 1.165) is 46.8 Å². The number of nitro benzene ring substituents is 1. The van der Waals surface area contributed by atoms with E-state index < -0.39 is 78.9 Å². The number of halogens is 1. The van der Waals surface area contributed by atoms with Crippen molar-refractivity contribution in [1.29, 1.82) is 0 Å². The monoisotopic (exact) mass is 921 g/mol. The normalized spacial score (nSPS) is 14.8. The van der Waals surface area contributed by atoms with Crippen LogP contribution in [0.25, 0.3) is 0 Å². The quantitative estimate of drug-likeness (QED) is 0.0443. The van der Waals surface area contributed by atoms with Crippen LogP contribution in [0.2, 0.25) is 5.02 Å². The number of amides is 3. The molecule has 0 saturated carbocycles. The van der Waals surface area contributed by atoms with Crippen LogP contribution in [0.15, 0.2) is 138 Å². The molecule has 16 heteroatoms. The predicted molar refractivity (Wildman–Crippen MR) is 246 cm³/mol. The van der Waals surface area contributed by atoms with E-state index in [2.05, 4.69) is 5.32 Å². The molecule has 3 atom stereocenters. The molecule has 0 bridgehead atoms. The number of nitrogens with zero attached hydrogens (tertiary/aromatic N) is 4. The van der Waals surface area contributed by atoms with Crippen LogP contribution in [0.5, 0.6) is 0 Å². The van der Waals surface area contributed by atoms with Gasteiger partial charge in [-0.15, -0.1) is 0 Å². The number of carbonyl (C=O) groups is 4. The molecule has 14 nitrogen and oxygen atoms in total. The fourth-order valence-corrected chi connectivity index (χ4v) is 9.99. The second-order valence-corrected chi connectivity index (χ2v) is 18.9. The van der Waals surface area contributed by atoms with Gasteiger partial charge in [0.05, 0.1) is 11.3 Å². The summed E-state index contributed by atoms with van der Waals surface area (Å²) < 4.78 is 35.3. The van der Waals surface area contributed by atoms with Gasteiger partial charge in [-0.1, -0.05) is 132 Å². The van der Waals surface area contributed by atoms with E-state index in [1.165, 1.54) is 33.0 Å². The van der Waals surface area contributed by atoms with Crippen LogP contribution in [0.1, 0.15) is 60.9 Å². The summed E-state index contributed by atoms with van der Waals surface area (Å²) >= 11 is 6.91. The highest BCUT2D eigenvalue weighted by molar-refractivity contribution is 7.89. The van der Waals surface area contributed by atoms with Crippen molar-refractivity contribution < 1.29 is 37.3 Å². The van der Waals surface area contributed by atoms with Gasteiger partial charge in [0.15, 0.2) is 10.5 Å². The number of ether oxygens (including phenoxy) is 1. The summed E-state index contributed by atoms with van der Waals surface area (Å²) in [5.74, 6) is -2.98. The van der Waals surface area contributed by atoms with E-state index in [-0.39, 0.29) is 6.42 Å². The minimum absolute atomic E-state index is 0.0717. The number of likely N-dealkylation sites (N-methyl/N-ethyl adjacent to an activating group) is 2. The van der Waals surface area contributed by atoms with Crippen molar-refractivity contribution in [3.63, 3.8) is 0 Å². The molecule has 0 spiro atoms. The van der Waals surface area contributed by atoms with Crippen LogP contribution in [0.3, 0.4) is 0 Å². The first-order chi connectivity index (χ1) is 30.9. The van der Waals surface area contributed by atoms with Crippen LogP contribution in [-0.4, -0.2) is 95.9 Å². The third kappa shape index (κ3) is 10.3. The van der Waals surface area contributed by atoms with E-state index in [4.69, 9.17) is 16.3 Å². The molecule has 1 N–H and O–H groups in total. The van der Waals surface area contributed by atoms with E-state index in [1.54, 1.807) is 59.5 Å². The lowest BCUT2D eigenvalue weighted by molar-refractivity contribution is -0.387. The Morgan fingerprint density at radius 2 is 1.37 bits per heavy atom. The SMILES string of the molecule is Cc1ccc(C(OC(=O)C[C@H](NC(=O)[C@H](Cc2ccccc2)N(C)C(=O)C(C)(C)N(C)S(=O)(=O)c2ccccc2[N+](=O)[O-])C(=O)N2CCCC2)(c2ccccc2)c2ccccc2Cl)cc1. The Hall–Kier alpha value is -6.42. The number of aryl methyl sites for hydroxylation is 1. The van der Waals surface area contributed by atoms with Crippen molar-refractivity contribution in [3.05, 3.63) is 176 Å². The van der Waals surface area contributed by atoms with E-state index in [9.17, 15) is 37.7 Å². The van der Waals surface area contributed by atoms with Crippen LogP contribution in [0.4, 0.5) is 5.69 Å². The molecule has 3 amide bonds. The number of carbonyl (C=O) groups excluding carboxylic acids is 4. The zero-order chi connectivity index (χ0) is 47.1. The third-order valence-electron chi connectivity index (χ3n) is 11.9. The summed E-state index contributed by atoms with van der Waals surface area (Å²) in [4.78, 5) is 71.6. The van der Waals surface area contributed by atoms with E-state index >= 15 is 0 Å². The molecule has 6 rings (SSSR count). The van der Waals surface area contributed by atoms with E-state index in [0.29, 0.717) is 40.4 Å². The number of hydrogen-bond donors (Lipinski definition) is 1. The van der Waals surface area contributed by atoms with Crippen LogP contribution in [-0.2, 0) is 46.0 Å². The lowest BCUT2D eigenvalue weighted by atomic mass is 9.79. The van der Waals surface area contributed by atoms with Crippen molar-refractivity contribution in [3.8, 4) is 0 Å². The highest BCUT2D eigenvalue weighted by Crippen LogP contribution is 2.44. The Kier molecular flexibility index (Phi) is 14.9. The van der Waals surface area contributed by atoms with Crippen molar-refractivity contribution in [2.24, 2.45) is 0 Å². The smallest absolute Gasteiger partial charge is 0.310 e. The maximum Gasteiger partial charge on any atom is 0.310 e. The van der Waals surface area contributed by atoms with Gasteiger partial charge in [-0.05, 0) is 51.3 Å². The van der Waals surface area contributed by atoms with Gasteiger partial charge < -0.3 is 19.9 Å². The fourth-order valence-electron chi connectivity index (χ4n) is 8.09. The molecule has 1 heterocycles. The highest BCUT2D eigenvalue weighted by Gasteiger charge is 2.47. The number of rotatable bonds is 17. The molecule has 1 aliphatic heterocycles. The number of likely N-dealkylation sites (tertiary alicyclic amines) is 1. The maximum atomic E-state index is 14.8. The van der Waals surface area contributed by atoms with Gasteiger partial charge in [-0.3, -0.25) is 29.3 Å². The zero-order valence-corrected chi connectivity index (χ0v) is 38.4. The Balaban J connectivity index is 1.36. The molecule has 1 unspecified atom stereocenters. The van der Waals surface area contributed by atoms with E-state index in [1.807, 2.05) is 61.5 Å². The molecule has 1 fully saturated rings. The van der Waals surface area contributed by atoms with Crippen molar-refractivity contribution in [2.75, 3.05) is 27.2 Å². The Morgan fingerprint density at radius 1 is 0.815 bits per heavy atom. The van der Waals surface area contributed by atoms with Crippen LogP contribution in [0, 0.1) is 17.0 Å². The molecule has 65 heavy (non-hydrogen) atoms. The van der Waals surface area contributed by atoms with Gasteiger partial charge in [-0.2, -0.15) is 4.31 Å². The first-order valence-corrected chi connectivity index (χ1v) is 22.9. The fraction of sp³-hybridized carbons (Fsp3) is 0.306. The van der Waals surface area contributed by atoms with Gasteiger partial charge in [0.1, 0.15) is 17.6 Å². The number of sulfonamides is 1. The average Bonchev–Trinajstić information content (AvgIpc) is 3.85. The largest absolute Gasteiger partial charge is 0.444 e. The van der Waals surface area contributed by atoms with Gasteiger partial charge >= 0.3 is 5.97 Å². The summed E-state index contributed by atoms with van der Waals surface area (Å²) in [6.45, 7) is 5.40. The molecule has 0 aromatic heterocycles. The number of benzene rings is 5. The van der Waals surface area contributed by atoms with Gasteiger partial charge in [0.25, 0.3) is 15.7 Å². The first kappa shape index (κ1) is 48.0. The minimum atomic E-state index is -4.66. The van der Waals surface area contributed by atoms with Crippen molar-refractivity contribution in [2.45, 2.75) is 74.6 Å². The average molecular weight is 923 g/mol. The summed E-state index contributed by atoms with van der Waals surface area (Å²) in [6, 6.07) is 34.4. The number of nitrogens with one attached hydrogen (secondary N) is 1. The lowest BCUT2D eigenvalue weighted by Crippen LogP contribution is -2.61. The van der Waals surface area contributed by atoms with Crippen molar-refractivity contribution in [1.82, 2.24) is 19.4 Å². The molecular weight excluding hydrogens is 870 g/mol. The summed E-state index contributed by atoms with van der Waals surface area (Å²) in [5.41, 5.74) is -0.943. The third-order valence-corrected chi connectivity index (χ3v) is 14.3. The molecule has 5 aromatic carbocycles. The maximum absolute atomic E-state index is 14.8. The summed E-state index contributed by atoms with van der Waals surface area (Å²) in [6.07, 6.45) is 0.764. The second-order valence-electron chi connectivity index (χ2n) is 16.5. The molecule has 340 valence electrons. The van der Waals surface area contributed by atoms with Crippen LogP contribution >= 0.6 is 11.6 Å². The minimum Gasteiger partial charge on any atom is -0.444 e. The van der Waals surface area contributed by atoms with Gasteiger partial charge in [-0.25, -0.2) is 8.42 Å². The van der Waals surface area contributed by atoms with Crippen molar-refractivity contribution >= 4 is 51.0 Å². The summed E-state index contributed by atoms with van der Waals surface area (Å²) in [5, 5.41) is 15.0. The molecule has 5 aromatic rings. The Labute approximate surface area is 384 Å². The van der Waals surface area contributed by atoms with Gasteiger partial charge in [0, 0.05) is 61.4 Å². The Bertz CT molecular complexity index is 2640. The zero-order valence-electron chi connectivity index (χ0n) is 36.8. The van der Waals surface area contributed by atoms with Gasteiger partial charge in [0.2, 0.25) is 17.7 Å². The molecular formula is C49H52ClN5O9S. The summed E-state index contributed by atoms with van der Waals surface area (Å²) in [7, 11) is -2.18. The number of nitro groups is 1. The highest BCUT2D eigenvalue weighted by atomic mass is 35.5. The number of hydrogen-bond acceptors (Lipinski definition) is 9. The first-order valence-electron chi connectivity index (χ1n) is 21.1. The molecule has 0 aliphatic carbocycles.